The maximum atomic E-state index is 10.5. The van der Waals surface area contributed by atoms with Gasteiger partial charge in [-0.2, -0.15) is 0 Å². The molecule has 30 heavy (non-hydrogen) atoms. The summed E-state index contributed by atoms with van der Waals surface area (Å²) in [7, 11) is 0. The molecule has 1 atom stereocenters. The SMILES string of the molecule is C#CC.C=C(C)C(=O)NCC.C=C(C)C(=O)OCC.C=CC(=O)OCC.CC1CO1. The minimum Gasteiger partial charge on any atom is -0.463 e. The van der Waals surface area contributed by atoms with Gasteiger partial charge in [-0.05, 0) is 48.5 Å². The molecule has 1 heterocycles. The van der Waals surface area contributed by atoms with Gasteiger partial charge in [-0.1, -0.05) is 19.7 Å². The fourth-order valence-corrected chi connectivity index (χ4v) is 0.863. The van der Waals surface area contributed by atoms with Gasteiger partial charge in [0.2, 0.25) is 5.91 Å². The van der Waals surface area contributed by atoms with E-state index in [1.807, 2.05) is 6.92 Å². The van der Waals surface area contributed by atoms with Crippen LogP contribution < -0.4 is 5.32 Å². The number of amides is 1. The maximum Gasteiger partial charge on any atom is 0.333 e. The zero-order valence-corrected chi connectivity index (χ0v) is 19.6. The second-order valence-corrected chi connectivity index (χ2v) is 5.53. The Balaban J connectivity index is -0.000000146. The van der Waals surface area contributed by atoms with Crippen molar-refractivity contribution in [2.75, 3.05) is 26.4 Å². The third-order valence-corrected chi connectivity index (χ3v) is 2.30. The number of likely N-dealkylation sites (N-methyl/N-ethyl adjacent to an activating group) is 1. The Hall–Kier alpha value is -2.85. The average molecular weight is 426 g/mol. The summed E-state index contributed by atoms with van der Waals surface area (Å²) in [5, 5.41) is 2.61. The Morgan fingerprint density at radius 3 is 1.63 bits per heavy atom. The summed E-state index contributed by atoms with van der Waals surface area (Å²) < 4.78 is 13.7. The highest BCUT2D eigenvalue weighted by Gasteiger charge is 2.13. The van der Waals surface area contributed by atoms with Crippen LogP contribution in [-0.2, 0) is 28.6 Å². The molecule has 1 rings (SSSR count). The van der Waals surface area contributed by atoms with E-state index in [0.717, 1.165) is 12.7 Å². The lowest BCUT2D eigenvalue weighted by molar-refractivity contribution is -0.138. The van der Waals surface area contributed by atoms with Gasteiger partial charge in [0.05, 0.1) is 25.9 Å². The van der Waals surface area contributed by atoms with E-state index in [-0.39, 0.29) is 17.8 Å². The third kappa shape index (κ3) is 40.0. The number of ether oxygens (including phenoxy) is 3. The quantitative estimate of drug-likeness (QED) is 0.302. The molecule has 7 nitrogen and oxygen atoms in total. The minimum absolute atomic E-state index is 0.0625. The normalized spacial score (nSPS) is 11.7. The van der Waals surface area contributed by atoms with Crippen molar-refractivity contribution >= 4 is 17.8 Å². The molecule has 1 unspecified atom stereocenters. The zero-order valence-electron chi connectivity index (χ0n) is 19.6. The number of terminal acetylenes is 1. The summed E-state index contributed by atoms with van der Waals surface area (Å²) in [6.45, 7) is 25.0. The van der Waals surface area contributed by atoms with E-state index in [1.54, 1.807) is 34.6 Å². The van der Waals surface area contributed by atoms with Gasteiger partial charge in [0.1, 0.15) is 0 Å². The summed E-state index contributed by atoms with van der Waals surface area (Å²) in [5.74, 6) is 1.52. The molecule has 7 heteroatoms. The van der Waals surface area contributed by atoms with Crippen molar-refractivity contribution in [3.05, 3.63) is 37.0 Å². The molecular formula is C23H39NO6. The predicted octanol–water partition coefficient (Wildman–Crippen LogP) is 3.60. The number of carbonyl (C=O) groups excluding carboxylic acids is 3. The molecule has 0 aromatic heterocycles. The number of epoxide rings is 1. The van der Waals surface area contributed by atoms with E-state index in [0.29, 0.717) is 37.0 Å². The first-order chi connectivity index (χ1) is 14.0. The molecule has 0 saturated carbocycles. The van der Waals surface area contributed by atoms with E-state index in [2.05, 4.69) is 53.8 Å². The van der Waals surface area contributed by atoms with Crippen molar-refractivity contribution < 1.29 is 28.6 Å². The summed E-state index contributed by atoms with van der Waals surface area (Å²) in [5.41, 5.74) is 1.01. The summed E-state index contributed by atoms with van der Waals surface area (Å²) in [4.78, 5) is 31.0. The van der Waals surface area contributed by atoms with Crippen molar-refractivity contribution in [1.29, 1.82) is 0 Å². The highest BCUT2D eigenvalue weighted by molar-refractivity contribution is 5.91. The largest absolute Gasteiger partial charge is 0.463 e. The van der Waals surface area contributed by atoms with Crippen molar-refractivity contribution in [3.8, 4) is 12.3 Å². The molecule has 0 aliphatic carbocycles. The van der Waals surface area contributed by atoms with Crippen molar-refractivity contribution in [1.82, 2.24) is 5.32 Å². The van der Waals surface area contributed by atoms with Crippen LogP contribution in [-0.4, -0.2) is 50.3 Å². The van der Waals surface area contributed by atoms with Crippen molar-refractivity contribution in [3.63, 3.8) is 0 Å². The minimum atomic E-state index is -0.359. The first-order valence-corrected chi connectivity index (χ1v) is 9.53. The molecule has 0 spiro atoms. The fourth-order valence-electron chi connectivity index (χ4n) is 0.863. The van der Waals surface area contributed by atoms with Gasteiger partial charge >= 0.3 is 11.9 Å². The molecule has 1 aliphatic rings. The smallest absolute Gasteiger partial charge is 0.333 e. The van der Waals surface area contributed by atoms with E-state index in [1.165, 1.54) is 0 Å². The van der Waals surface area contributed by atoms with Gasteiger partial charge in [-0.15, -0.1) is 12.3 Å². The number of carbonyl (C=O) groups is 3. The maximum absolute atomic E-state index is 10.5. The molecule has 1 amide bonds. The standard InChI is InChI=1S/C6H11NO.C6H10O2.C5H8O2.C3H6O.C3H4/c1-4-7-6(8)5(2)3;1-4-8-6(7)5(2)3;1-3-5(6)7-4-2;1-3-2-4-3;1-3-2/h2,4H2,1,3H3,(H,7,8);2,4H2,1,3H3;3H,1,4H2,2H3;3H,2H2,1H3;1H,2H3. The van der Waals surface area contributed by atoms with Gasteiger partial charge in [-0.25, -0.2) is 9.59 Å². The number of nitrogens with one attached hydrogen (secondary N) is 1. The van der Waals surface area contributed by atoms with Crippen LogP contribution in [0.25, 0.3) is 0 Å². The first kappa shape index (κ1) is 34.6. The molecule has 172 valence electrons. The lowest BCUT2D eigenvalue weighted by atomic mass is 10.3. The Morgan fingerprint density at radius 1 is 1.13 bits per heavy atom. The number of hydrogen-bond donors (Lipinski definition) is 1. The summed E-state index contributed by atoms with van der Waals surface area (Å²) in [6.07, 6.45) is 6.32. The summed E-state index contributed by atoms with van der Waals surface area (Å²) in [6, 6.07) is 0. The van der Waals surface area contributed by atoms with Crippen LogP contribution in [0.3, 0.4) is 0 Å². The van der Waals surface area contributed by atoms with Gasteiger partial charge in [0.25, 0.3) is 0 Å². The van der Waals surface area contributed by atoms with Gasteiger partial charge in [-0.3, -0.25) is 4.79 Å². The average Bonchev–Trinajstić information content (AvgIpc) is 3.46. The van der Waals surface area contributed by atoms with Gasteiger partial charge < -0.3 is 19.5 Å². The third-order valence-electron chi connectivity index (χ3n) is 2.30. The zero-order chi connectivity index (χ0) is 24.5. The molecule has 1 saturated heterocycles. The highest BCUT2D eigenvalue weighted by Crippen LogP contribution is 2.04. The van der Waals surface area contributed by atoms with E-state index in [9.17, 15) is 14.4 Å². The first-order valence-electron chi connectivity index (χ1n) is 9.53. The number of rotatable bonds is 6. The van der Waals surface area contributed by atoms with Crippen LogP contribution in [0, 0.1) is 12.3 Å². The van der Waals surface area contributed by atoms with Crippen LogP contribution in [0.15, 0.2) is 37.0 Å². The van der Waals surface area contributed by atoms with Crippen LogP contribution >= 0.6 is 0 Å². The van der Waals surface area contributed by atoms with E-state index >= 15 is 0 Å². The van der Waals surface area contributed by atoms with Gasteiger partial charge in [0.15, 0.2) is 0 Å². The second-order valence-electron chi connectivity index (χ2n) is 5.53. The molecule has 1 fully saturated rings. The molecule has 0 radical (unpaired) electrons. The van der Waals surface area contributed by atoms with E-state index < -0.39 is 0 Å². The fraction of sp³-hybridized carbons (Fsp3) is 0.522. The second kappa shape index (κ2) is 26.1. The van der Waals surface area contributed by atoms with Gasteiger partial charge in [0, 0.05) is 23.8 Å². The number of hydrogen-bond acceptors (Lipinski definition) is 6. The Bertz CT molecular complexity index is 529. The number of esters is 2. The van der Waals surface area contributed by atoms with Crippen LogP contribution in [0.2, 0.25) is 0 Å². The van der Waals surface area contributed by atoms with Crippen LogP contribution in [0.5, 0.6) is 0 Å². The molecular weight excluding hydrogens is 386 g/mol. The Labute approximate surface area is 182 Å². The molecule has 0 aromatic carbocycles. The van der Waals surface area contributed by atoms with Crippen molar-refractivity contribution in [2.45, 2.75) is 54.6 Å². The Morgan fingerprint density at radius 2 is 1.53 bits per heavy atom. The van der Waals surface area contributed by atoms with Crippen molar-refractivity contribution in [2.24, 2.45) is 0 Å². The molecule has 1 aliphatic heterocycles. The van der Waals surface area contributed by atoms with Crippen LogP contribution in [0.1, 0.15) is 48.5 Å². The lowest BCUT2D eigenvalue weighted by Gasteiger charge is -1.97. The highest BCUT2D eigenvalue weighted by atomic mass is 16.6. The topological polar surface area (TPSA) is 94.2 Å². The predicted molar refractivity (Wildman–Crippen MR) is 122 cm³/mol. The lowest BCUT2D eigenvalue weighted by Crippen LogP contribution is -2.22. The molecule has 0 aromatic rings. The van der Waals surface area contributed by atoms with Crippen LogP contribution in [0.4, 0.5) is 0 Å². The van der Waals surface area contributed by atoms with E-state index in [4.69, 9.17) is 4.74 Å². The Kier molecular flexibility index (Phi) is 30.2. The summed E-state index contributed by atoms with van der Waals surface area (Å²) >= 11 is 0. The molecule has 0 bridgehead atoms. The monoisotopic (exact) mass is 425 g/mol. The molecule has 1 N–H and O–H groups in total.